The number of sulfonamides is 1. The number of nitrogens with zero attached hydrogens (tertiary/aromatic N) is 3. The highest BCUT2D eigenvalue weighted by molar-refractivity contribution is 7.92. The first-order chi connectivity index (χ1) is 9.92. The summed E-state index contributed by atoms with van der Waals surface area (Å²) in [4.78, 5) is 9.97. The predicted molar refractivity (Wildman–Crippen MR) is 80.2 cm³/mol. The second-order valence-corrected chi connectivity index (χ2v) is 6.13. The van der Waals surface area contributed by atoms with Crippen LogP contribution in [0.1, 0.15) is 0 Å². The largest absolute Gasteiger partial charge is 0.497 e. The summed E-state index contributed by atoms with van der Waals surface area (Å²) in [5, 5.41) is 0. The molecule has 1 aromatic heterocycles. The van der Waals surface area contributed by atoms with Gasteiger partial charge < -0.3 is 9.64 Å². The molecule has 0 aliphatic rings. The van der Waals surface area contributed by atoms with Gasteiger partial charge in [-0.1, -0.05) is 0 Å². The summed E-state index contributed by atoms with van der Waals surface area (Å²) in [5.41, 5.74) is 0.302. The molecule has 7 nitrogen and oxygen atoms in total. The van der Waals surface area contributed by atoms with Crippen LogP contribution < -0.4 is 14.4 Å². The Balaban J connectivity index is 2.19. The number of hydrogen-bond acceptors (Lipinski definition) is 6. The first kappa shape index (κ1) is 15.0. The normalized spacial score (nSPS) is 11.0. The zero-order valence-corrected chi connectivity index (χ0v) is 12.8. The topological polar surface area (TPSA) is 84.4 Å². The molecule has 0 saturated heterocycles. The molecule has 0 saturated carbocycles. The van der Waals surface area contributed by atoms with Crippen molar-refractivity contribution in [1.82, 2.24) is 9.97 Å². The van der Waals surface area contributed by atoms with Crippen molar-refractivity contribution in [3.05, 3.63) is 36.7 Å². The maximum Gasteiger partial charge on any atom is 0.261 e. The smallest absolute Gasteiger partial charge is 0.261 e. The molecule has 0 amide bonds. The molecule has 1 N–H and O–H groups in total. The fraction of sp³-hybridized carbons (Fsp3) is 0.231. The summed E-state index contributed by atoms with van der Waals surface area (Å²) in [6, 6.07) is 6.10. The van der Waals surface area contributed by atoms with Gasteiger partial charge in [0.05, 0.1) is 30.1 Å². The Kier molecular flexibility index (Phi) is 4.27. The Hall–Kier alpha value is -2.35. The third kappa shape index (κ3) is 3.60. The second kappa shape index (κ2) is 5.96. The first-order valence-corrected chi connectivity index (χ1v) is 7.57. The van der Waals surface area contributed by atoms with E-state index in [1.807, 2.05) is 0 Å². The van der Waals surface area contributed by atoms with E-state index in [-0.39, 0.29) is 4.90 Å². The lowest BCUT2D eigenvalue weighted by molar-refractivity contribution is 0.414. The summed E-state index contributed by atoms with van der Waals surface area (Å²) < 4.78 is 31.8. The summed E-state index contributed by atoms with van der Waals surface area (Å²) in [7, 11) is 1.45. The molecule has 8 heteroatoms. The van der Waals surface area contributed by atoms with Crippen LogP contribution in [0.4, 0.5) is 11.6 Å². The Morgan fingerprint density at radius 3 is 2.14 bits per heavy atom. The predicted octanol–water partition coefficient (Wildman–Crippen LogP) is 1.35. The van der Waals surface area contributed by atoms with Crippen molar-refractivity contribution >= 4 is 21.7 Å². The van der Waals surface area contributed by atoms with E-state index in [1.54, 1.807) is 31.1 Å². The number of benzene rings is 1. The number of hydrogen-bond donors (Lipinski definition) is 1. The van der Waals surface area contributed by atoms with Crippen molar-refractivity contribution in [1.29, 1.82) is 0 Å². The average Bonchev–Trinajstić information content (AvgIpc) is 2.47. The van der Waals surface area contributed by atoms with E-state index < -0.39 is 10.0 Å². The number of anilines is 2. The van der Waals surface area contributed by atoms with Gasteiger partial charge in [0.15, 0.2) is 0 Å². The number of nitrogens with one attached hydrogen (secondary N) is 1. The fourth-order valence-electron chi connectivity index (χ4n) is 1.57. The number of ether oxygens (including phenoxy) is 1. The van der Waals surface area contributed by atoms with Crippen LogP contribution >= 0.6 is 0 Å². The number of rotatable bonds is 5. The van der Waals surface area contributed by atoms with Gasteiger partial charge in [0.1, 0.15) is 5.75 Å². The molecule has 2 aromatic rings. The van der Waals surface area contributed by atoms with Gasteiger partial charge in [-0.15, -0.1) is 0 Å². The quantitative estimate of drug-likeness (QED) is 0.897. The number of aromatic nitrogens is 2. The van der Waals surface area contributed by atoms with Crippen LogP contribution in [0.15, 0.2) is 41.6 Å². The molecule has 1 aromatic carbocycles. The van der Waals surface area contributed by atoms with Crippen LogP contribution in [-0.4, -0.2) is 39.6 Å². The lowest BCUT2D eigenvalue weighted by atomic mass is 10.3. The van der Waals surface area contributed by atoms with Crippen molar-refractivity contribution in [3.8, 4) is 5.75 Å². The molecule has 0 fully saturated rings. The Labute approximate surface area is 123 Å². The lowest BCUT2D eigenvalue weighted by Gasteiger charge is -2.11. The van der Waals surface area contributed by atoms with Crippen molar-refractivity contribution in [2.24, 2.45) is 0 Å². The Morgan fingerprint density at radius 2 is 1.67 bits per heavy atom. The molecule has 0 spiro atoms. The SMILES string of the molecule is COc1ccc(S(=O)(=O)Nc2cnc(N(C)C)nc2)cc1. The molecular weight excluding hydrogens is 292 g/mol. The van der Waals surface area contributed by atoms with E-state index in [2.05, 4.69) is 14.7 Å². The van der Waals surface area contributed by atoms with Crippen molar-refractivity contribution in [2.75, 3.05) is 30.8 Å². The summed E-state index contributed by atoms with van der Waals surface area (Å²) in [5.74, 6) is 1.09. The van der Waals surface area contributed by atoms with E-state index >= 15 is 0 Å². The van der Waals surface area contributed by atoms with Gasteiger partial charge >= 0.3 is 0 Å². The van der Waals surface area contributed by atoms with E-state index in [0.29, 0.717) is 17.4 Å². The maximum absolute atomic E-state index is 12.2. The van der Waals surface area contributed by atoms with Crippen LogP contribution in [-0.2, 0) is 10.0 Å². The lowest BCUT2D eigenvalue weighted by Crippen LogP contribution is -2.15. The second-order valence-electron chi connectivity index (χ2n) is 4.45. The minimum absolute atomic E-state index is 0.139. The minimum Gasteiger partial charge on any atom is -0.497 e. The molecule has 0 aliphatic heterocycles. The van der Waals surface area contributed by atoms with Crippen LogP contribution in [0.5, 0.6) is 5.75 Å². The van der Waals surface area contributed by atoms with Gasteiger partial charge in [-0.25, -0.2) is 18.4 Å². The van der Waals surface area contributed by atoms with Gasteiger partial charge in [-0.2, -0.15) is 0 Å². The molecule has 0 bridgehead atoms. The Morgan fingerprint density at radius 1 is 1.10 bits per heavy atom. The monoisotopic (exact) mass is 308 g/mol. The van der Waals surface area contributed by atoms with Crippen LogP contribution in [0, 0.1) is 0 Å². The summed E-state index contributed by atoms with van der Waals surface area (Å²) in [6.45, 7) is 0. The molecule has 0 aliphatic carbocycles. The van der Waals surface area contributed by atoms with Gasteiger partial charge in [0, 0.05) is 14.1 Å². The molecule has 0 atom stereocenters. The minimum atomic E-state index is -3.67. The third-order valence-electron chi connectivity index (χ3n) is 2.66. The fourth-order valence-corrected chi connectivity index (χ4v) is 2.60. The molecule has 21 heavy (non-hydrogen) atoms. The van der Waals surface area contributed by atoms with Crippen molar-refractivity contribution in [3.63, 3.8) is 0 Å². The molecule has 0 unspecified atom stereocenters. The van der Waals surface area contributed by atoms with Gasteiger partial charge in [0.2, 0.25) is 5.95 Å². The summed E-state index contributed by atoms with van der Waals surface area (Å²) >= 11 is 0. The van der Waals surface area contributed by atoms with Crippen molar-refractivity contribution in [2.45, 2.75) is 4.90 Å². The highest BCUT2D eigenvalue weighted by Gasteiger charge is 2.14. The van der Waals surface area contributed by atoms with Crippen LogP contribution in [0.25, 0.3) is 0 Å². The molecule has 2 rings (SSSR count). The van der Waals surface area contributed by atoms with E-state index in [1.165, 1.54) is 31.6 Å². The maximum atomic E-state index is 12.2. The van der Waals surface area contributed by atoms with Gasteiger partial charge in [-0.05, 0) is 24.3 Å². The first-order valence-electron chi connectivity index (χ1n) is 6.08. The van der Waals surface area contributed by atoms with E-state index in [9.17, 15) is 8.42 Å². The zero-order chi connectivity index (χ0) is 15.5. The summed E-state index contributed by atoms with van der Waals surface area (Å²) in [6.07, 6.45) is 2.84. The third-order valence-corrected chi connectivity index (χ3v) is 4.06. The average molecular weight is 308 g/mol. The van der Waals surface area contributed by atoms with Crippen LogP contribution in [0.3, 0.4) is 0 Å². The Bertz CT molecular complexity index is 697. The van der Waals surface area contributed by atoms with Crippen molar-refractivity contribution < 1.29 is 13.2 Å². The highest BCUT2D eigenvalue weighted by Crippen LogP contribution is 2.18. The van der Waals surface area contributed by atoms with E-state index in [0.717, 1.165) is 0 Å². The van der Waals surface area contributed by atoms with Gasteiger partial charge in [0.25, 0.3) is 10.0 Å². The molecule has 0 radical (unpaired) electrons. The molecule has 1 heterocycles. The highest BCUT2D eigenvalue weighted by atomic mass is 32.2. The number of methoxy groups -OCH3 is 1. The van der Waals surface area contributed by atoms with Gasteiger partial charge in [-0.3, -0.25) is 4.72 Å². The van der Waals surface area contributed by atoms with Crippen LogP contribution in [0.2, 0.25) is 0 Å². The standard InChI is InChI=1S/C13H16N4O3S/c1-17(2)13-14-8-10(9-15-13)16-21(18,19)12-6-4-11(20-3)5-7-12/h4-9,16H,1-3H3. The zero-order valence-electron chi connectivity index (χ0n) is 11.9. The molecular formula is C13H16N4O3S. The van der Waals surface area contributed by atoms with E-state index in [4.69, 9.17) is 4.74 Å². The molecule has 112 valence electrons.